The number of halogens is 1. The summed E-state index contributed by atoms with van der Waals surface area (Å²) in [5, 5.41) is 0. The van der Waals surface area contributed by atoms with E-state index in [4.69, 9.17) is 4.74 Å². The smallest absolute Gasteiger partial charge is 0.227 e. The van der Waals surface area contributed by atoms with E-state index >= 15 is 0 Å². The third kappa shape index (κ3) is 4.75. The second-order valence-electron chi connectivity index (χ2n) is 8.14. The standard InChI is InChI=1S/C24H30FN3O2/c1-30-23-10-3-2-9-22(23)27-14-12-26(13-15-27)21-8-5-11-28(18-21)24(29)17-19-6-4-7-20(25)16-19/h2-4,6-7,9-10,16,21H,5,8,11-15,17-18H2,1H3/t21-/m0/s1. The number of amides is 1. The highest BCUT2D eigenvalue weighted by atomic mass is 19.1. The molecule has 4 rings (SSSR count). The van der Waals surface area contributed by atoms with E-state index < -0.39 is 0 Å². The summed E-state index contributed by atoms with van der Waals surface area (Å²) in [5.74, 6) is 0.723. The van der Waals surface area contributed by atoms with Crippen molar-refractivity contribution in [1.29, 1.82) is 0 Å². The van der Waals surface area contributed by atoms with Gasteiger partial charge in [0.25, 0.3) is 0 Å². The van der Waals surface area contributed by atoms with E-state index in [0.29, 0.717) is 6.04 Å². The number of nitrogens with zero attached hydrogens (tertiary/aromatic N) is 3. The number of methoxy groups -OCH3 is 1. The molecule has 6 heteroatoms. The van der Waals surface area contributed by atoms with Crippen LogP contribution in [0.15, 0.2) is 48.5 Å². The first-order valence-corrected chi connectivity index (χ1v) is 10.8. The molecule has 1 atom stereocenters. The van der Waals surface area contributed by atoms with Crippen LogP contribution in [0.5, 0.6) is 5.75 Å². The molecule has 5 nitrogen and oxygen atoms in total. The van der Waals surface area contributed by atoms with Crippen molar-refractivity contribution < 1.29 is 13.9 Å². The molecule has 1 amide bonds. The number of hydrogen-bond acceptors (Lipinski definition) is 4. The third-order valence-corrected chi connectivity index (χ3v) is 6.25. The number of piperazine rings is 1. The second kappa shape index (κ2) is 9.47. The van der Waals surface area contributed by atoms with Gasteiger partial charge >= 0.3 is 0 Å². The zero-order chi connectivity index (χ0) is 20.9. The molecular formula is C24H30FN3O2. The predicted octanol–water partition coefficient (Wildman–Crippen LogP) is 3.19. The van der Waals surface area contributed by atoms with Gasteiger partial charge in [0.15, 0.2) is 0 Å². The number of carbonyl (C=O) groups excluding carboxylic acids is 1. The summed E-state index contributed by atoms with van der Waals surface area (Å²) in [6.45, 7) is 5.43. The van der Waals surface area contributed by atoms with Crippen molar-refractivity contribution in [2.75, 3.05) is 51.3 Å². The van der Waals surface area contributed by atoms with Gasteiger partial charge in [-0.1, -0.05) is 24.3 Å². The summed E-state index contributed by atoms with van der Waals surface area (Å²) >= 11 is 0. The number of hydrogen-bond donors (Lipinski definition) is 0. The highest BCUT2D eigenvalue weighted by Gasteiger charge is 2.30. The first kappa shape index (κ1) is 20.7. The van der Waals surface area contributed by atoms with E-state index in [1.54, 1.807) is 13.2 Å². The molecule has 0 saturated carbocycles. The number of piperidine rings is 1. The van der Waals surface area contributed by atoms with Gasteiger partial charge in [-0.3, -0.25) is 9.69 Å². The molecule has 2 fully saturated rings. The molecular weight excluding hydrogens is 381 g/mol. The van der Waals surface area contributed by atoms with Gasteiger partial charge in [0.05, 0.1) is 19.2 Å². The summed E-state index contributed by atoms with van der Waals surface area (Å²) in [7, 11) is 1.71. The zero-order valence-electron chi connectivity index (χ0n) is 17.6. The number of rotatable bonds is 5. The maximum absolute atomic E-state index is 13.4. The maximum atomic E-state index is 13.4. The van der Waals surface area contributed by atoms with Crippen LogP contribution < -0.4 is 9.64 Å². The molecule has 0 unspecified atom stereocenters. The van der Waals surface area contributed by atoms with Crippen LogP contribution in [0.1, 0.15) is 18.4 Å². The van der Waals surface area contributed by atoms with E-state index in [-0.39, 0.29) is 18.1 Å². The fraction of sp³-hybridized carbons (Fsp3) is 0.458. The molecule has 0 N–H and O–H groups in total. The average Bonchev–Trinajstić information content (AvgIpc) is 2.79. The van der Waals surface area contributed by atoms with Crippen LogP contribution in [-0.2, 0) is 11.2 Å². The van der Waals surface area contributed by atoms with Gasteiger partial charge in [0.1, 0.15) is 11.6 Å². The molecule has 2 aliphatic heterocycles. The number of ether oxygens (including phenoxy) is 1. The van der Waals surface area contributed by atoms with E-state index in [0.717, 1.165) is 69.1 Å². The Morgan fingerprint density at radius 3 is 2.63 bits per heavy atom. The number of para-hydroxylation sites is 2. The molecule has 0 bridgehead atoms. The van der Waals surface area contributed by atoms with E-state index in [9.17, 15) is 9.18 Å². The van der Waals surface area contributed by atoms with Gasteiger partial charge in [0, 0.05) is 45.3 Å². The largest absolute Gasteiger partial charge is 0.495 e. The number of anilines is 1. The molecule has 2 aliphatic rings. The van der Waals surface area contributed by atoms with Gasteiger partial charge in [-0.05, 0) is 42.7 Å². The lowest BCUT2D eigenvalue weighted by atomic mass is 10.0. The molecule has 0 aliphatic carbocycles. The summed E-state index contributed by atoms with van der Waals surface area (Å²) in [6, 6.07) is 14.9. The summed E-state index contributed by atoms with van der Waals surface area (Å²) in [6.07, 6.45) is 2.41. The van der Waals surface area contributed by atoms with Gasteiger partial charge in [-0.25, -0.2) is 4.39 Å². The monoisotopic (exact) mass is 411 g/mol. The average molecular weight is 412 g/mol. The summed E-state index contributed by atoms with van der Waals surface area (Å²) < 4.78 is 18.9. The predicted molar refractivity (Wildman–Crippen MR) is 116 cm³/mol. The van der Waals surface area contributed by atoms with Crippen molar-refractivity contribution >= 4 is 11.6 Å². The van der Waals surface area contributed by atoms with Crippen LogP contribution in [0.4, 0.5) is 10.1 Å². The highest BCUT2D eigenvalue weighted by molar-refractivity contribution is 5.79. The molecule has 0 spiro atoms. The molecule has 2 aromatic rings. The summed E-state index contributed by atoms with van der Waals surface area (Å²) in [5.41, 5.74) is 1.89. The number of likely N-dealkylation sites (tertiary alicyclic amines) is 1. The van der Waals surface area contributed by atoms with Crippen molar-refractivity contribution in [3.8, 4) is 5.75 Å². The Bertz CT molecular complexity index is 867. The topological polar surface area (TPSA) is 36.0 Å². The minimum atomic E-state index is -0.287. The number of benzene rings is 2. The lowest BCUT2D eigenvalue weighted by Crippen LogP contribution is -2.56. The Morgan fingerprint density at radius 1 is 1.07 bits per heavy atom. The molecule has 2 aromatic carbocycles. The Balaban J connectivity index is 1.32. The molecule has 0 aromatic heterocycles. The first-order valence-electron chi connectivity index (χ1n) is 10.8. The SMILES string of the molecule is COc1ccccc1N1CCN([C@H]2CCCN(C(=O)Cc3cccc(F)c3)C2)CC1. The minimum Gasteiger partial charge on any atom is -0.495 e. The van der Waals surface area contributed by atoms with Gasteiger partial charge < -0.3 is 14.5 Å². The van der Waals surface area contributed by atoms with Crippen molar-refractivity contribution in [3.05, 3.63) is 59.9 Å². The summed E-state index contributed by atoms with van der Waals surface area (Å²) in [4.78, 5) is 19.6. The van der Waals surface area contributed by atoms with E-state index in [2.05, 4.69) is 15.9 Å². The Morgan fingerprint density at radius 2 is 1.87 bits per heavy atom. The van der Waals surface area contributed by atoms with Crippen molar-refractivity contribution in [2.45, 2.75) is 25.3 Å². The molecule has 2 saturated heterocycles. The van der Waals surface area contributed by atoms with Crippen LogP contribution >= 0.6 is 0 Å². The van der Waals surface area contributed by atoms with E-state index in [1.165, 1.54) is 12.1 Å². The van der Waals surface area contributed by atoms with Crippen molar-refractivity contribution in [3.63, 3.8) is 0 Å². The van der Waals surface area contributed by atoms with Gasteiger partial charge in [-0.15, -0.1) is 0 Å². The van der Waals surface area contributed by atoms with Crippen LogP contribution in [0.25, 0.3) is 0 Å². The van der Waals surface area contributed by atoms with E-state index in [1.807, 2.05) is 29.2 Å². The maximum Gasteiger partial charge on any atom is 0.227 e. The Kier molecular flexibility index (Phi) is 6.53. The Labute approximate surface area is 178 Å². The quantitative estimate of drug-likeness (QED) is 0.757. The molecule has 30 heavy (non-hydrogen) atoms. The molecule has 0 radical (unpaired) electrons. The third-order valence-electron chi connectivity index (χ3n) is 6.25. The Hall–Kier alpha value is -2.60. The van der Waals surface area contributed by atoms with Crippen LogP contribution in [0.3, 0.4) is 0 Å². The van der Waals surface area contributed by atoms with Crippen LogP contribution in [0.2, 0.25) is 0 Å². The molecule has 2 heterocycles. The van der Waals surface area contributed by atoms with Gasteiger partial charge in [-0.2, -0.15) is 0 Å². The zero-order valence-corrected chi connectivity index (χ0v) is 17.6. The van der Waals surface area contributed by atoms with Crippen LogP contribution in [-0.4, -0.2) is 68.1 Å². The fourth-order valence-corrected chi connectivity index (χ4v) is 4.63. The first-order chi connectivity index (χ1) is 14.6. The lowest BCUT2D eigenvalue weighted by Gasteiger charge is -2.44. The van der Waals surface area contributed by atoms with Crippen LogP contribution in [0, 0.1) is 5.82 Å². The second-order valence-corrected chi connectivity index (χ2v) is 8.14. The fourth-order valence-electron chi connectivity index (χ4n) is 4.63. The lowest BCUT2D eigenvalue weighted by molar-refractivity contribution is -0.132. The van der Waals surface area contributed by atoms with Gasteiger partial charge in [0.2, 0.25) is 5.91 Å². The normalized spacial score (nSPS) is 20.3. The van der Waals surface area contributed by atoms with Crippen molar-refractivity contribution in [2.24, 2.45) is 0 Å². The number of carbonyl (C=O) groups is 1. The van der Waals surface area contributed by atoms with Crippen molar-refractivity contribution in [1.82, 2.24) is 9.80 Å². The minimum absolute atomic E-state index is 0.0953. The highest BCUT2D eigenvalue weighted by Crippen LogP contribution is 2.29. The molecule has 160 valence electrons.